The van der Waals surface area contributed by atoms with E-state index in [1.54, 1.807) is 0 Å². The van der Waals surface area contributed by atoms with Gasteiger partial charge in [0.1, 0.15) is 24.6 Å². The number of hydrogen-bond acceptors (Lipinski definition) is 12. The molecule has 2 aliphatic rings. The third kappa shape index (κ3) is 3.91. The van der Waals surface area contributed by atoms with Gasteiger partial charge in [0, 0.05) is 0 Å². The normalized spacial score (nSPS) is 31.0. The number of halogens is 1. The molecule has 4 N–H and O–H groups in total. The number of carbonyl (C=O) groups excluding carboxylic acids is 2. The fraction of sp³-hybridized carbons (Fsp3) is 0.500. The van der Waals surface area contributed by atoms with Crippen LogP contribution in [0, 0.1) is 0 Å². The minimum Gasteiger partial charge on any atom is -0.386 e. The molecule has 0 aliphatic carbocycles. The molecule has 0 bridgehead atoms. The van der Waals surface area contributed by atoms with Gasteiger partial charge in [0.2, 0.25) is 11.6 Å². The molecule has 2 aliphatic heterocycles. The average molecular weight is 524 g/mol. The van der Waals surface area contributed by atoms with Gasteiger partial charge >= 0.3 is 7.82 Å². The van der Waals surface area contributed by atoms with E-state index in [-0.39, 0.29) is 39.8 Å². The van der Waals surface area contributed by atoms with Crippen LogP contribution < -0.4 is 5.73 Å². The number of nitrogens with two attached hydrogens (primary N) is 1. The van der Waals surface area contributed by atoms with Crippen molar-refractivity contribution in [3.8, 4) is 0 Å². The van der Waals surface area contributed by atoms with E-state index in [9.17, 15) is 24.2 Å². The van der Waals surface area contributed by atoms with E-state index in [4.69, 9.17) is 19.5 Å². The van der Waals surface area contributed by atoms with Crippen molar-refractivity contribution < 1.29 is 37.9 Å². The average Bonchev–Trinajstić information content (AvgIpc) is 3.23. The number of aliphatic hydroxyl groups excluding tert-OH is 1. The van der Waals surface area contributed by atoms with E-state index in [2.05, 4.69) is 30.9 Å². The number of nitrogens with zero attached hydrogens (tertiary/aromatic N) is 4. The molecule has 13 nitrogen and oxygen atoms in total. The monoisotopic (exact) mass is 523 g/mol. The van der Waals surface area contributed by atoms with Gasteiger partial charge in [-0.2, -0.15) is 0 Å². The number of anilines is 1. The Kier molecular flexibility index (Phi) is 5.98. The Hall–Kier alpha value is -1.45. The first-order chi connectivity index (χ1) is 14.2. The Morgan fingerprint density at radius 3 is 2.90 bits per heavy atom. The number of hydrogen-bond donors (Lipinski definition) is 3. The third-order valence-electron chi connectivity index (χ3n) is 4.46. The van der Waals surface area contributed by atoms with E-state index in [0.29, 0.717) is 0 Å². The summed E-state index contributed by atoms with van der Waals surface area (Å²) in [6.07, 6.45) is -3.28. The molecule has 2 aromatic heterocycles. The molecule has 30 heavy (non-hydrogen) atoms. The highest BCUT2D eigenvalue weighted by atomic mass is 79.9. The van der Waals surface area contributed by atoms with Crippen LogP contribution in [0.5, 0.6) is 0 Å². The first-order valence-corrected chi connectivity index (χ1v) is 12.0. The minimum absolute atomic E-state index is 0.0628. The number of ether oxygens (including phenoxy) is 1. The van der Waals surface area contributed by atoms with Gasteiger partial charge in [-0.15, -0.1) is 0 Å². The van der Waals surface area contributed by atoms with Crippen LogP contribution >= 0.6 is 35.5 Å². The Labute approximate surface area is 181 Å². The Morgan fingerprint density at radius 2 is 2.17 bits per heavy atom. The van der Waals surface area contributed by atoms with Gasteiger partial charge < -0.3 is 20.5 Å². The van der Waals surface area contributed by atoms with E-state index < -0.39 is 43.9 Å². The highest BCUT2D eigenvalue weighted by Gasteiger charge is 2.53. The molecule has 0 radical (unpaired) electrons. The lowest BCUT2D eigenvalue weighted by molar-refractivity contribution is -0.133. The molecule has 162 valence electrons. The molecule has 2 saturated heterocycles. The number of nitrogen functional groups attached to an aromatic ring is 1. The number of aliphatic hydroxyl groups is 1. The van der Waals surface area contributed by atoms with E-state index in [0.717, 1.165) is 11.8 Å². The topological polar surface area (TPSA) is 189 Å². The van der Waals surface area contributed by atoms with Crippen molar-refractivity contribution in [2.24, 2.45) is 0 Å². The third-order valence-corrected chi connectivity index (χ3v) is 6.91. The van der Waals surface area contributed by atoms with Gasteiger partial charge in [0.25, 0.3) is 0 Å². The number of phosphoric acid groups is 1. The summed E-state index contributed by atoms with van der Waals surface area (Å²) in [5, 5.41) is 10.8. The molecule has 0 aromatic carbocycles. The molecule has 0 amide bonds. The number of rotatable bonds is 6. The molecule has 5 atom stereocenters. The zero-order valence-corrected chi connectivity index (χ0v) is 18.2. The Balaban J connectivity index is 1.70. The van der Waals surface area contributed by atoms with Gasteiger partial charge in [-0.3, -0.25) is 23.2 Å². The summed E-state index contributed by atoms with van der Waals surface area (Å²) in [4.78, 5) is 45.4. The van der Waals surface area contributed by atoms with E-state index in [1.165, 1.54) is 10.9 Å². The molecule has 0 spiro atoms. The summed E-state index contributed by atoms with van der Waals surface area (Å²) in [6, 6.07) is 0. The standard InChI is InChI=1S/C14H15BrN5O8PS/c15-1-5(21)6(22)3-30-14-19-8-11(16)17-4-18-12(8)20(14)13-9(23)10-7(27-13)2-26-29(24,25)28-10/h4,7,9-10,13,23H,1-3H2,(H,24,25)(H2,16,17,18). The second-order valence-electron chi connectivity index (χ2n) is 6.35. The van der Waals surface area contributed by atoms with Crippen LogP contribution in [0.3, 0.4) is 0 Å². The lowest BCUT2D eigenvalue weighted by atomic mass is 10.1. The van der Waals surface area contributed by atoms with Crippen molar-refractivity contribution in [1.82, 2.24) is 19.5 Å². The number of thioether (sulfide) groups is 1. The summed E-state index contributed by atoms with van der Waals surface area (Å²) in [5.41, 5.74) is 6.28. The Morgan fingerprint density at radius 1 is 1.40 bits per heavy atom. The van der Waals surface area contributed by atoms with Crippen LogP contribution in [-0.4, -0.2) is 77.1 Å². The molecule has 0 saturated carbocycles. The number of ketones is 2. The molecule has 4 heterocycles. The lowest BCUT2D eigenvalue weighted by Gasteiger charge is -2.27. The second-order valence-corrected chi connectivity index (χ2v) is 9.26. The maximum Gasteiger partial charge on any atom is 0.472 e. The lowest BCUT2D eigenvalue weighted by Crippen LogP contribution is -2.39. The van der Waals surface area contributed by atoms with Crippen molar-refractivity contribution in [2.45, 2.75) is 29.7 Å². The van der Waals surface area contributed by atoms with Crippen molar-refractivity contribution in [2.75, 3.05) is 23.4 Å². The summed E-state index contributed by atoms with van der Waals surface area (Å²) in [5.74, 6) is -1.39. The maximum atomic E-state index is 11.9. The molecule has 5 unspecified atom stereocenters. The summed E-state index contributed by atoms with van der Waals surface area (Å²) >= 11 is 3.87. The molecular weight excluding hydrogens is 509 g/mol. The summed E-state index contributed by atoms with van der Waals surface area (Å²) < 4.78 is 28.6. The Bertz CT molecular complexity index is 1070. The van der Waals surface area contributed by atoms with Crippen LogP contribution in [0.1, 0.15) is 6.23 Å². The van der Waals surface area contributed by atoms with Gasteiger partial charge in [0.05, 0.1) is 17.7 Å². The fourth-order valence-electron chi connectivity index (χ4n) is 3.07. The number of alkyl halides is 1. The van der Waals surface area contributed by atoms with Crippen molar-refractivity contribution in [3.63, 3.8) is 0 Å². The van der Waals surface area contributed by atoms with Crippen LogP contribution in [0.4, 0.5) is 5.82 Å². The van der Waals surface area contributed by atoms with Crippen LogP contribution in [0.2, 0.25) is 0 Å². The predicted octanol–water partition coefficient (Wildman–Crippen LogP) is -0.192. The minimum atomic E-state index is -4.31. The van der Waals surface area contributed by atoms with Gasteiger partial charge in [-0.05, 0) is 0 Å². The predicted molar refractivity (Wildman–Crippen MR) is 105 cm³/mol. The summed E-state index contributed by atoms with van der Waals surface area (Å²) in [7, 11) is -4.31. The number of aromatic nitrogens is 4. The molecule has 2 aromatic rings. The van der Waals surface area contributed by atoms with E-state index in [1.807, 2.05) is 0 Å². The van der Waals surface area contributed by atoms with Crippen LogP contribution in [-0.2, 0) is 27.9 Å². The maximum absolute atomic E-state index is 11.9. The molecule has 2 fully saturated rings. The number of phosphoric ester groups is 1. The fourth-order valence-corrected chi connectivity index (χ4v) is 5.26. The van der Waals surface area contributed by atoms with Gasteiger partial charge in [-0.25, -0.2) is 19.5 Å². The number of fused-ring (bicyclic) bond motifs is 2. The largest absolute Gasteiger partial charge is 0.472 e. The first-order valence-electron chi connectivity index (χ1n) is 8.44. The van der Waals surface area contributed by atoms with Gasteiger partial charge in [0.15, 0.2) is 28.4 Å². The number of carbonyl (C=O) groups is 2. The van der Waals surface area contributed by atoms with Crippen LogP contribution in [0.25, 0.3) is 11.2 Å². The van der Waals surface area contributed by atoms with Crippen molar-refractivity contribution >= 4 is 64.1 Å². The van der Waals surface area contributed by atoms with Crippen LogP contribution in [0.15, 0.2) is 11.5 Å². The second kappa shape index (κ2) is 8.24. The zero-order chi connectivity index (χ0) is 21.6. The smallest absolute Gasteiger partial charge is 0.386 e. The SMILES string of the molecule is Nc1ncnc2c1nc(SCC(=O)C(=O)CBr)n2C1OC2COP(=O)(O)OC2C1O. The highest BCUT2D eigenvalue weighted by Crippen LogP contribution is 2.53. The highest BCUT2D eigenvalue weighted by molar-refractivity contribution is 9.09. The summed E-state index contributed by atoms with van der Waals surface area (Å²) in [6.45, 7) is -0.267. The van der Waals surface area contributed by atoms with Crippen molar-refractivity contribution in [3.05, 3.63) is 6.33 Å². The van der Waals surface area contributed by atoms with Gasteiger partial charge in [-0.1, -0.05) is 27.7 Å². The number of Topliss-reactive ketones (excluding diaryl/α,β-unsaturated/α-hetero) is 2. The molecule has 4 rings (SSSR count). The van der Waals surface area contributed by atoms with E-state index >= 15 is 0 Å². The zero-order valence-electron chi connectivity index (χ0n) is 15.0. The molecule has 16 heteroatoms. The number of imidazole rings is 1. The van der Waals surface area contributed by atoms with Crippen molar-refractivity contribution in [1.29, 1.82) is 0 Å². The molecular formula is C14H15BrN5O8PS. The first kappa shape index (κ1) is 21.8. The quantitative estimate of drug-likeness (QED) is 0.195.